The lowest BCUT2D eigenvalue weighted by Gasteiger charge is -2.07. The molecule has 0 unspecified atom stereocenters. The van der Waals surface area contributed by atoms with Gasteiger partial charge in [-0.25, -0.2) is 4.98 Å². The Morgan fingerprint density at radius 1 is 1.17 bits per heavy atom. The van der Waals surface area contributed by atoms with Gasteiger partial charge < -0.3 is 15.6 Å². The van der Waals surface area contributed by atoms with E-state index in [-0.39, 0.29) is 0 Å². The Bertz CT molecular complexity index is 815. The SMILES string of the molecule is CCCn1c(Br)nc2c(N)nc(NCCCc3ccccc3)nc21. The minimum Gasteiger partial charge on any atom is -0.382 e. The molecule has 3 N–H and O–H groups in total. The van der Waals surface area contributed by atoms with Crippen LogP contribution in [0.15, 0.2) is 35.1 Å². The van der Waals surface area contributed by atoms with Gasteiger partial charge in [0, 0.05) is 13.1 Å². The van der Waals surface area contributed by atoms with Gasteiger partial charge in [-0.1, -0.05) is 37.3 Å². The molecule has 0 aliphatic rings. The van der Waals surface area contributed by atoms with Crippen molar-refractivity contribution < 1.29 is 0 Å². The number of aryl methyl sites for hydroxylation is 2. The van der Waals surface area contributed by atoms with Crippen molar-refractivity contribution in [2.24, 2.45) is 0 Å². The summed E-state index contributed by atoms with van der Waals surface area (Å²) >= 11 is 3.47. The maximum Gasteiger partial charge on any atom is 0.226 e. The van der Waals surface area contributed by atoms with Crippen LogP contribution in [0.5, 0.6) is 0 Å². The van der Waals surface area contributed by atoms with Crippen molar-refractivity contribution in [2.45, 2.75) is 32.7 Å². The van der Waals surface area contributed by atoms with Crippen molar-refractivity contribution in [3.05, 3.63) is 40.6 Å². The van der Waals surface area contributed by atoms with Crippen LogP contribution in [0.3, 0.4) is 0 Å². The fourth-order valence-corrected chi connectivity index (χ4v) is 3.16. The van der Waals surface area contributed by atoms with Gasteiger partial charge in [0.1, 0.15) is 0 Å². The predicted molar refractivity (Wildman–Crippen MR) is 101 cm³/mol. The van der Waals surface area contributed by atoms with Crippen LogP contribution in [0, 0.1) is 0 Å². The number of aromatic nitrogens is 4. The molecule has 0 bridgehead atoms. The predicted octanol–water partition coefficient (Wildman–Crippen LogP) is 3.63. The second-order valence-corrected chi connectivity index (χ2v) is 6.36. The molecule has 6 nitrogen and oxygen atoms in total. The number of halogens is 1. The summed E-state index contributed by atoms with van der Waals surface area (Å²) in [5.74, 6) is 0.957. The highest BCUT2D eigenvalue weighted by atomic mass is 79.9. The van der Waals surface area contributed by atoms with Gasteiger partial charge in [0.15, 0.2) is 21.7 Å². The quantitative estimate of drug-likeness (QED) is 0.477. The molecule has 0 fully saturated rings. The van der Waals surface area contributed by atoms with Crippen LogP contribution in [0.4, 0.5) is 11.8 Å². The van der Waals surface area contributed by atoms with E-state index in [0.717, 1.165) is 42.7 Å². The van der Waals surface area contributed by atoms with Crippen LogP contribution >= 0.6 is 15.9 Å². The van der Waals surface area contributed by atoms with Gasteiger partial charge >= 0.3 is 0 Å². The van der Waals surface area contributed by atoms with Gasteiger partial charge in [-0.2, -0.15) is 9.97 Å². The number of hydrogen-bond acceptors (Lipinski definition) is 5. The summed E-state index contributed by atoms with van der Waals surface area (Å²) < 4.78 is 2.75. The maximum atomic E-state index is 6.04. The number of rotatable bonds is 7. The van der Waals surface area contributed by atoms with E-state index in [1.165, 1.54) is 5.56 Å². The standard InChI is InChI=1S/C17H21BrN6/c1-2-11-24-15-13(21-16(24)18)14(19)22-17(23-15)20-10-6-9-12-7-4-3-5-8-12/h3-5,7-8H,2,6,9-11H2,1H3,(H3,19,20,22,23). The summed E-state index contributed by atoms with van der Waals surface area (Å²) in [7, 11) is 0. The fourth-order valence-electron chi connectivity index (χ4n) is 2.63. The molecule has 2 aromatic heterocycles. The average Bonchev–Trinajstić information content (AvgIpc) is 2.90. The number of nitrogen functional groups attached to an aromatic ring is 1. The van der Waals surface area contributed by atoms with E-state index >= 15 is 0 Å². The Balaban J connectivity index is 1.69. The Labute approximate surface area is 149 Å². The van der Waals surface area contributed by atoms with Crippen molar-refractivity contribution in [1.82, 2.24) is 19.5 Å². The molecule has 0 atom stereocenters. The third kappa shape index (κ3) is 3.67. The third-order valence-corrected chi connectivity index (χ3v) is 4.40. The average molecular weight is 389 g/mol. The minimum absolute atomic E-state index is 0.404. The molecule has 7 heteroatoms. The molecule has 3 aromatic rings. The Morgan fingerprint density at radius 3 is 2.71 bits per heavy atom. The molecule has 0 saturated heterocycles. The number of benzene rings is 1. The number of nitrogens with two attached hydrogens (primary N) is 1. The van der Waals surface area contributed by atoms with Crippen molar-refractivity contribution in [1.29, 1.82) is 0 Å². The first-order valence-electron chi connectivity index (χ1n) is 8.16. The number of nitrogens with one attached hydrogen (secondary N) is 1. The van der Waals surface area contributed by atoms with E-state index in [0.29, 0.717) is 17.3 Å². The molecule has 126 valence electrons. The van der Waals surface area contributed by atoms with Crippen LogP contribution in [0.25, 0.3) is 11.2 Å². The maximum absolute atomic E-state index is 6.04. The summed E-state index contributed by atoms with van der Waals surface area (Å²) in [6, 6.07) is 10.4. The zero-order valence-corrected chi connectivity index (χ0v) is 15.3. The van der Waals surface area contributed by atoms with Gasteiger partial charge in [0.25, 0.3) is 0 Å². The topological polar surface area (TPSA) is 81.7 Å². The number of anilines is 2. The van der Waals surface area contributed by atoms with Gasteiger partial charge in [-0.05, 0) is 40.8 Å². The van der Waals surface area contributed by atoms with E-state index < -0.39 is 0 Å². The van der Waals surface area contributed by atoms with E-state index in [1.54, 1.807) is 0 Å². The number of fused-ring (bicyclic) bond motifs is 1. The van der Waals surface area contributed by atoms with Crippen LogP contribution in [0.2, 0.25) is 0 Å². The molecule has 24 heavy (non-hydrogen) atoms. The van der Waals surface area contributed by atoms with Gasteiger partial charge in [-0.15, -0.1) is 0 Å². The molecule has 2 heterocycles. The van der Waals surface area contributed by atoms with Crippen molar-refractivity contribution >= 4 is 38.9 Å². The van der Waals surface area contributed by atoms with E-state index in [9.17, 15) is 0 Å². The molecule has 0 amide bonds. The molecule has 0 aliphatic heterocycles. The lowest BCUT2D eigenvalue weighted by Crippen LogP contribution is -2.09. The second kappa shape index (κ2) is 7.61. The summed E-state index contributed by atoms with van der Waals surface area (Å²) in [6.45, 7) is 3.75. The van der Waals surface area contributed by atoms with Crippen molar-refractivity contribution in [3.8, 4) is 0 Å². The van der Waals surface area contributed by atoms with Crippen LogP contribution in [-0.4, -0.2) is 26.1 Å². The van der Waals surface area contributed by atoms with Crippen LogP contribution < -0.4 is 11.1 Å². The molecule has 0 radical (unpaired) electrons. The highest BCUT2D eigenvalue weighted by molar-refractivity contribution is 9.10. The molecule has 1 aromatic carbocycles. The highest BCUT2D eigenvalue weighted by Crippen LogP contribution is 2.24. The van der Waals surface area contributed by atoms with Gasteiger partial charge in [-0.3, -0.25) is 0 Å². The minimum atomic E-state index is 0.404. The first-order valence-corrected chi connectivity index (χ1v) is 8.95. The summed E-state index contributed by atoms with van der Waals surface area (Å²) in [5.41, 5.74) is 8.79. The van der Waals surface area contributed by atoms with Crippen molar-refractivity contribution in [2.75, 3.05) is 17.6 Å². The molecule has 3 rings (SSSR count). The monoisotopic (exact) mass is 388 g/mol. The van der Waals surface area contributed by atoms with E-state index in [1.807, 2.05) is 10.6 Å². The van der Waals surface area contributed by atoms with Gasteiger partial charge in [0.05, 0.1) is 0 Å². The van der Waals surface area contributed by atoms with Gasteiger partial charge in [0.2, 0.25) is 5.95 Å². The smallest absolute Gasteiger partial charge is 0.226 e. The third-order valence-electron chi connectivity index (χ3n) is 3.79. The number of hydrogen-bond donors (Lipinski definition) is 2. The first-order chi connectivity index (χ1) is 11.7. The normalized spacial score (nSPS) is 11.1. The lowest BCUT2D eigenvalue weighted by molar-refractivity contribution is 0.677. The molecule has 0 aliphatic carbocycles. The molecular formula is C17H21BrN6. The summed E-state index contributed by atoms with van der Waals surface area (Å²) in [5, 5.41) is 3.27. The highest BCUT2D eigenvalue weighted by Gasteiger charge is 2.14. The van der Waals surface area contributed by atoms with E-state index in [2.05, 4.69) is 67.4 Å². The van der Waals surface area contributed by atoms with Crippen LogP contribution in [0.1, 0.15) is 25.3 Å². The molecule has 0 saturated carbocycles. The summed E-state index contributed by atoms with van der Waals surface area (Å²) in [6.07, 6.45) is 3.02. The number of imidazole rings is 1. The zero-order valence-electron chi connectivity index (χ0n) is 13.7. The zero-order chi connectivity index (χ0) is 16.9. The second-order valence-electron chi connectivity index (χ2n) is 5.65. The Hall–Kier alpha value is -2.15. The largest absolute Gasteiger partial charge is 0.382 e. The summed E-state index contributed by atoms with van der Waals surface area (Å²) in [4.78, 5) is 13.3. The fraction of sp³-hybridized carbons (Fsp3) is 0.353. The first kappa shape index (κ1) is 16.7. The lowest BCUT2D eigenvalue weighted by atomic mass is 10.1. The van der Waals surface area contributed by atoms with E-state index in [4.69, 9.17) is 5.73 Å². The van der Waals surface area contributed by atoms with Crippen molar-refractivity contribution in [3.63, 3.8) is 0 Å². The molecule has 0 spiro atoms. The number of nitrogens with zero attached hydrogens (tertiary/aromatic N) is 4. The Kier molecular flexibility index (Phi) is 5.30. The molecular weight excluding hydrogens is 368 g/mol. The van der Waals surface area contributed by atoms with Crippen LogP contribution in [-0.2, 0) is 13.0 Å². The Morgan fingerprint density at radius 2 is 1.96 bits per heavy atom.